The van der Waals surface area contributed by atoms with Crippen LogP contribution in [-0.2, 0) is 11.2 Å². The quantitative estimate of drug-likeness (QED) is 0.910. The SMILES string of the molecule is Cc1cnc2ccc(CCC(C)(C)C(=O)O)cc2c1. The Kier molecular flexibility index (Phi) is 3.56. The van der Waals surface area contributed by atoms with Gasteiger partial charge in [-0.15, -0.1) is 0 Å². The predicted octanol–water partition coefficient (Wildman–Crippen LogP) is 3.59. The number of aliphatic carboxylic acids is 1. The van der Waals surface area contributed by atoms with E-state index >= 15 is 0 Å². The average Bonchev–Trinajstić information content (AvgIpc) is 2.35. The monoisotopic (exact) mass is 257 g/mol. The first kappa shape index (κ1) is 13.5. The first-order chi connectivity index (χ1) is 8.88. The van der Waals surface area contributed by atoms with Gasteiger partial charge in [0.15, 0.2) is 0 Å². The second kappa shape index (κ2) is 5.00. The first-order valence-electron chi connectivity index (χ1n) is 6.47. The Balaban J connectivity index is 2.20. The third kappa shape index (κ3) is 3.11. The summed E-state index contributed by atoms with van der Waals surface area (Å²) in [7, 11) is 0. The number of rotatable bonds is 4. The Hall–Kier alpha value is -1.90. The van der Waals surface area contributed by atoms with Gasteiger partial charge in [-0.05, 0) is 62.9 Å². The lowest BCUT2D eigenvalue weighted by molar-refractivity contribution is -0.147. The van der Waals surface area contributed by atoms with Crippen LogP contribution in [0.25, 0.3) is 10.9 Å². The van der Waals surface area contributed by atoms with E-state index in [1.165, 1.54) is 0 Å². The fourth-order valence-corrected chi connectivity index (χ4v) is 2.01. The second-order valence-electron chi connectivity index (χ2n) is 5.73. The number of nitrogens with zero attached hydrogens (tertiary/aromatic N) is 1. The fourth-order valence-electron chi connectivity index (χ4n) is 2.01. The molecule has 0 unspecified atom stereocenters. The number of hydrogen-bond acceptors (Lipinski definition) is 2. The van der Waals surface area contributed by atoms with E-state index in [2.05, 4.69) is 17.1 Å². The average molecular weight is 257 g/mol. The Labute approximate surface area is 113 Å². The maximum absolute atomic E-state index is 11.1. The molecule has 0 aliphatic rings. The number of carboxylic acid groups (broad SMARTS) is 1. The lowest BCUT2D eigenvalue weighted by Crippen LogP contribution is -2.24. The van der Waals surface area contributed by atoms with Crippen molar-refractivity contribution in [3.05, 3.63) is 41.6 Å². The predicted molar refractivity (Wildman–Crippen MR) is 76.2 cm³/mol. The number of carboxylic acids is 1. The topological polar surface area (TPSA) is 50.2 Å². The summed E-state index contributed by atoms with van der Waals surface area (Å²) in [5, 5.41) is 10.2. The van der Waals surface area contributed by atoms with Crippen LogP contribution < -0.4 is 0 Å². The second-order valence-corrected chi connectivity index (χ2v) is 5.73. The van der Waals surface area contributed by atoms with Gasteiger partial charge in [0, 0.05) is 11.6 Å². The molecule has 1 N–H and O–H groups in total. The zero-order chi connectivity index (χ0) is 14.0. The van der Waals surface area contributed by atoms with Crippen LogP contribution in [0.1, 0.15) is 31.4 Å². The minimum Gasteiger partial charge on any atom is -0.481 e. The summed E-state index contributed by atoms with van der Waals surface area (Å²) in [6.45, 7) is 5.55. The van der Waals surface area contributed by atoms with Crippen LogP contribution in [0.4, 0.5) is 0 Å². The van der Waals surface area contributed by atoms with Crippen molar-refractivity contribution < 1.29 is 9.90 Å². The number of fused-ring (bicyclic) bond motifs is 1. The number of pyridine rings is 1. The molecule has 1 aromatic carbocycles. The Morgan fingerprint density at radius 2 is 2.05 bits per heavy atom. The van der Waals surface area contributed by atoms with Crippen molar-refractivity contribution in [3.8, 4) is 0 Å². The molecule has 0 saturated carbocycles. The minimum absolute atomic E-state index is 0.632. The largest absolute Gasteiger partial charge is 0.481 e. The Morgan fingerprint density at radius 1 is 1.32 bits per heavy atom. The molecule has 2 rings (SSSR count). The van der Waals surface area contributed by atoms with Crippen LogP contribution in [0.15, 0.2) is 30.5 Å². The fraction of sp³-hybridized carbons (Fsp3) is 0.375. The number of hydrogen-bond donors (Lipinski definition) is 1. The summed E-state index contributed by atoms with van der Waals surface area (Å²) in [5.74, 6) is -0.745. The normalized spacial score (nSPS) is 11.7. The van der Waals surface area contributed by atoms with Gasteiger partial charge in [-0.3, -0.25) is 9.78 Å². The van der Waals surface area contributed by atoms with E-state index in [-0.39, 0.29) is 0 Å². The van der Waals surface area contributed by atoms with Crippen molar-refractivity contribution in [2.24, 2.45) is 5.41 Å². The number of aryl methyl sites for hydroxylation is 2. The highest BCUT2D eigenvalue weighted by Gasteiger charge is 2.26. The van der Waals surface area contributed by atoms with Crippen molar-refractivity contribution in [2.45, 2.75) is 33.6 Å². The van der Waals surface area contributed by atoms with Crippen molar-refractivity contribution in [3.63, 3.8) is 0 Å². The Bertz CT molecular complexity index is 617. The van der Waals surface area contributed by atoms with Gasteiger partial charge in [0.2, 0.25) is 0 Å². The number of carbonyl (C=O) groups is 1. The summed E-state index contributed by atoms with van der Waals surface area (Å²) in [5.41, 5.74) is 2.59. The maximum atomic E-state index is 11.1. The lowest BCUT2D eigenvalue weighted by atomic mass is 9.86. The molecule has 0 bridgehead atoms. The molecule has 1 heterocycles. The van der Waals surface area contributed by atoms with E-state index in [4.69, 9.17) is 5.11 Å². The molecule has 0 spiro atoms. The molecule has 0 aliphatic heterocycles. The summed E-state index contributed by atoms with van der Waals surface area (Å²) < 4.78 is 0. The summed E-state index contributed by atoms with van der Waals surface area (Å²) in [4.78, 5) is 15.5. The van der Waals surface area contributed by atoms with Gasteiger partial charge in [-0.2, -0.15) is 0 Å². The summed E-state index contributed by atoms with van der Waals surface area (Å²) in [6.07, 6.45) is 3.26. The molecule has 0 amide bonds. The molecular weight excluding hydrogens is 238 g/mol. The molecule has 100 valence electrons. The molecule has 0 aliphatic carbocycles. The van der Waals surface area contributed by atoms with E-state index in [1.807, 2.05) is 25.3 Å². The highest BCUT2D eigenvalue weighted by Crippen LogP contribution is 2.24. The van der Waals surface area contributed by atoms with Gasteiger partial charge in [-0.1, -0.05) is 6.07 Å². The van der Waals surface area contributed by atoms with E-state index in [0.717, 1.165) is 28.5 Å². The van der Waals surface area contributed by atoms with Gasteiger partial charge in [0.1, 0.15) is 0 Å². The van der Waals surface area contributed by atoms with Gasteiger partial charge in [-0.25, -0.2) is 0 Å². The van der Waals surface area contributed by atoms with Crippen molar-refractivity contribution >= 4 is 16.9 Å². The zero-order valence-electron chi connectivity index (χ0n) is 11.6. The minimum atomic E-state index is -0.745. The molecule has 3 nitrogen and oxygen atoms in total. The van der Waals surface area contributed by atoms with Crippen LogP contribution >= 0.6 is 0 Å². The van der Waals surface area contributed by atoms with E-state index in [1.54, 1.807) is 13.8 Å². The van der Waals surface area contributed by atoms with Crippen molar-refractivity contribution in [1.29, 1.82) is 0 Å². The lowest BCUT2D eigenvalue weighted by Gasteiger charge is -2.18. The molecule has 0 atom stereocenters. The molecule has 1 aromatic heterocycles. The zero-order valence-corrected chi connectivity index (χ0v) is 11.6. The maximum Gasteiger partial charge on any atom is 0.309 e. The van der Waals surface area contributed by atoms with Crippen LogP contribution in [0, 0.1) is 12.3 Å². The van der Waals surface area contributed by atoms with E-state index in [0.29, 0.717) is 6.42 Å². The third-order valence-corrected chi connectivity index (χ3v) is 3.50. The highest BCUT2D eigenvalue weighted by atomic mass is 16.4. The molecule has 0 fully saturated rings. The summed E-state index contributed by atoms with van der Waals surface area (Å²) >= 11 is 0. The van der Waals surface area contributed by atoms with Crippen LogP contribution in [0.2, 0.25) is 0 Å². The van der Waals surface area contributed by atoms with Crippen LogP contribution in [0.3, 0.4) is 0 Å². The van der Waals surface area contributed by atoms with Crippen molar-refractivity contribution in [2.75, 3.05) is 0 Å². The molecule has 19 heavy (non-hydrogen) atoms. The van der Waals surface area contributed by atoms with E-state index < -0.39 is 11.4 Å². The molecule has 2 aromatic rings. The Morgan fingerprint density at radius 3 is 2.74 bits per heavy atom. The van der Waals surface area contributed by atoms with Gasteiger partial charge >= 0.3 is 5.97 Å². The van der Waals surface area contributed by atoms with Gasteiger partial charge in [0.25, 0.3) is 0 Å². The van der Waals surface area contributed by atoms with Crippen molar-refractivity contribution in [1.82, 2.24) is 4.98 Å². The molecule has 0 radical (unpaired) electrons. The molecular formula is C16H19NO2. The number of aromatic nitrogens is 1. The standard InChI is InChI=1S/C16H19NO2/c1-11-8-13-9-12(4-5-14(13)17-10-11)6-7-16(2,3)15(18)19/h4-5,8-10H,6-7H2,1-3H3,(H,18,19). The molecule has 0 saturated heterocycles. The van der Waals surface area contributed by atoms with Gasteiger partial charge < -0.3 is 5.11 Å². The smallest absolute Gasteiger partial charge is 0.309 e. The molecule has 3 heteroatoms. The van der Waals surface area contributed by atoms with Crippen LogP contribution in [-0.4, -0.2) is 16.1 Å². The van der Waals surface area contributed by atoms with E-state index in [9.17, 15) is 4.79 Å². The highest BCUT2D eigenvalue weighted by molar-refractivity contribution is 5.79. The van der Waals surface area contributed by atoms with Gasteiger partial charge in [0.05, 0.1) is 10.9 Å². The third-order valence-electron chi connectivity index (χ3n) is 3.50. The number of benzene rings is 1. The first-order valence-corrected chi connectivity index (χ1v) is 6.47. The van der Waals surface area contributed by atoms with Crippen LogP contribution in [0.5, 0.6) is 0 Å². The summed E-state index contributed by atoms with van der Waals surface area (Å²) in [6, 6.07) is 8.24.